The second-order valence-electron chi connectivity index (χ2n) is 6.16. The van der Waals surface area contributed by atoms with Crippen LogP contribution >= 0.6 is 0 Å². The number of aryl methyl sites for hydroxylation is 1. The highest BCUT2D eigenvalue weighted by Gasteiger charge is 2.43. The lowest BCUT2D eigenvalue weighted by molar-refractivity contribution is -0.121. The number of carbonyl (C=O) groups is 1. The van der Waals surface area contributed by atoms with Gasteiger partial charge in [-0.05, 0) is 57.2 Å². The van der Waals surface area contributed by atoms with Gasteiger partial charge in [-0.3, -0.25) is 4.79 Å². The van der Waals surface area contributed by atoms with E-state index in [1.54, 1.807) is 0 Å². The number of hydrogen-bond donors (Lipinski definition) is 1. The summed E-state index contributed by atoms with van der Waals surface area (Å²) in [5.74, 6) is 1.54. The molecule has 20 heavy (non-hydrogen) atoms. The maximum atomic E-state index is 12.9. The highest BCUT2D eigenvalue weighted by Crippen LogP contribution is 2.38. The predicted molar refractivity (Wildman–Crippen MR) is 81.8 cm³/mol. The number of fused-ring (bicyclic) bond motifs is 1. The number of nitrogens with one attached hydrogen (secondary N) is 1. The maximum absolute atomic E-state index is 12.9. The van der Waals surface area contributed by atoms with Crippen LogP contribution < -0.4 is 10.2 Å². The van der Waals surface area contributed by atoms with E-state index in [0.29, 0.717) is 5.92 Å². The minimum Gasteiger partial charge on any atom is -0.311 e. The third-order valence-corrected chi connectivity index (χ3v) is 4.94. The fraction of sp³-hybridized carbons (Fsp3) is 0.588. The molecule has 108 valence electrons. The number of hydrogen-bond acceptors (Lipinski definition) is 2. The molecule has 1 amide bonds. The van der Waals surface area contributed by atoms with Crippen molar-refractivity contribution >= 4 is 11.6 Å². The molecule has 1 heterocycles. The lowest BCUT2D eigenvalue weighted by Gasteiger charge is -2.27. The summed E-state index contributed by atoms with van der Waals surface area (Å²) in [5.41, 5.74) is 2.25. The zero-order valence-corrected chi connectivity index (χ0v) is 12.4. The van der Waals surface area contributed by atoms with E-state index in [1.807, 2.05) is 4.90 Å². The molecule has 1 N–H and O–H groups in total. The van der Waals surface area contributed by atoms with Crippen LogP contribution in [0.5, 0.6) is 0 Å². The number of likely N-dealkylation sites (N-methyl/N-ethyl adjacent to an activating group) is 1. The van der Waals surface area contributed by atoms with Crippen LogP contribution in [0.1, 0.15) is 31.7 Å². The summed E-state index contributed by atoms with van der Waals surface area (Å²) < 4.78 is 0. The quantitative estimate of drug-likeness (QED) is 0.917. The first-order chi connectivity index (χ1) is 9.70. The van der Waals surface area contributed by atoms with Crippen molar-refractivity contribution in [1.82, 2.24) is 5.32 Å². The Morgan fingerprint density at radius 2 is 2.05 bits per heavy atom. The molecule has 1 aromatic carbocycles. The van der Waals surface area contributed by atoms with Crippen LogP contribution in [0.15, 0.2) is 24.3 Å². The van der Waals surface area contributed by atoms with Crippen LogP contribution in [0, 0.1) is 18.8 Å². The molecule has 3 rings (SSSR count). The molecule has 1 aromatic rings. The first kappa shape index (κ1) is 13.6. The van der Waals surface area contributed by atoms with Gasteiger partial charge < -0.3 is 10.2 Å². The van der Waals surface area contributed by atoms with Gasteiger partial charge in [0.2, 0.25) is 5.91 Å². The highest BCUT2D eigenvalue weighted by molar-refractivity contribution is 5.97. The molecule has 0 bridgehead atoms. The Morgan fingerprint density at radius 1 is 1.30 bits per heavy atom. The van der Waals surface area contributed by atoms with E-state index in [1.165, 1.54) is 24.8 Å². The topological polar surface area (TPSA) is 32.3 Å². The largest absolute Gasteiger partial charge is 0.311 e. The van der Waals surface area contributed by atoms with Crippen molar-refractivity contribution in [2.45, 2.75) is 39.2 Å². The van der Waals surface area contributed by atoms with Gasteiger partial charge in [-0.15, -0.1) is 0 Å². The molecular formula is C17H24N2O. The summed E-state index contributed by atoms with van der Waals surface area (Å²) >= 11 is 0. The van der Waals surface area contributed by atoms with Crippen molar-refractivity contribution in [3.05, 3.63) is 29.8 Å². The van der Waals surface area contributed by atoms with Crippen molar-refractivity contribution in [1.29, 1.82) is 0 Å². The minimum atomic E-state index is 0.0313. The Morgan fingerprint density at radius 3 is 2.75 bits per heavy atom. The summed E-state index contributed by atoms with van der Waals surface area (Å²) in [7, 11) is 0. The fourth-order valence-corrected chi connectivity index (χ4v) is 3.82. The number of amides is 1. The third-order valence-electron chi connectivity index (χ3n) is 4.94. The van der Waals surface area contributed by atoms with Crippen LogP contribution in [-0.4, -0.2) is 25.0 Å². The van der Waals surface area contributed by atoms with E-state index in [2.05, 4.69) is 43.4 Å². The Bertz CT molecular complexity index is 482. The van der Waals surface area contributed by atoms with Gasteiger partial charge in [0.05, 0.1) is 6.04 Å². The molecule has 3 unspecified atom stereocenters. The van der Waals surface area contributed by atoms with Crippen LogP contribution in [0.2, 0.25) is 0 Å². The molecule has 0 aromatic heterocycles. The zero-order chi connectivity index (χ0) is 14.1. The maximum Gasteiger partial charge on any atom is 0.244 e. The van der Waals surface area contributed by atoms with Crippen molar-refractivity contribution in [3.63, 3.8) is 0 Å². The van der Waals surface area contributed by atoms with Gasteiger partial charge in [-0.2, -0.15) is 0 Å². The Kier molecular flexibility index (Phi) is 3.79. The Balaban J connectivity index is 1.79. The van der Waals surface area contributed by atoms with Crippen molar-refractivity contribution in [2.75, 3.05) is 18.0 Å². The molecule has 0 spiro atoms. The van der Waals surface area contributed by atoms with E-state index in [-0.39, 0.29) is 11.9 Å². The number of benzene rings is 1. The van der Waals surface area contributed by atoms with Gasteiger partial charge in [0, 0.05) is 12.2 Å². The van der Waals surface area contributed by atoms with Gasteiger partial charge in [-0.1, -0.05) is 24.1 Å². The molecule has 1 aliphatic heterocycles. The number of anilines is 1. The lowest BCUT2D eigenvalue weighted by atomic mass is 9.93. The minimum absolute atomic E-state index is 0.0313. The second kappa shape index (κ2) is 5.57. The van der Waals surface area contributed by atoms with Gasteiger partial charge in [0.1, 0.15) is 0 Å². The fourth-order valence-electron chi connectivity index (χ4n) is 3.82. The molecule has 1 aliphatic carbocycles. The zero-order valence-electron chi connectivity index (χ0n) is 12.4. The molecular weight excluding hydrogens is 248 g/mol. The highest BCUT2D eigenvalue weighted by atomic mass is 16.2. The van der Waals surface area contributed by atoms with E-state index in [9.17, 15) is 4.79 Å². The van der Waals surface area contributed by atoms with E-state index >= 15 is 0 Å². The molecule has 3 atom stereocenters. The van der Waals surface area contributed by atoms with E-state index < -0.39 is 0 Å². The van der Waals surface area contributed by atoms with Crippen molar-refractivity contribution < 1.29 is 4.79 Å². The molecule has 1 saturated carbocycles. The lowest BCUT2D eigenvalue weighted by Crippen LogP contribution is -2.46. The third kappa shape index (κ3) is 2.35. The first-order valence-corrected chi connectivity index (χ1v) is 7.82. The van der Waals surface area contributed by atoms with Crippen molar-refractivity contribution in [2.24, 2.45) is 11.8 Å². The van der Waals surface area contributed by atoms with E-state index in [4.69, 9.17) is 0 Å². The smallest absolute Gasteiger partial charge is 0.244 e. The number of rotatable bonds is 3. The average Bonchev–Trinajstić information content (AvgIpc) is 3.04. The Hall–Kier alpha value is -1.35. The number of nitrogens with zero attached hydrogens (tertiary/aromatic N) is 1. The Labute approximate surface area is 121 Å². The average molecular weight is 272 g/mol. The SMILES string of the molecule is CCN(C(=O)C1NCC2CCCC21)c1ccc(C)cc1. The molecule has 2 aliphatic rings. The monoisotopic (exact) mass is 272 g/mol. The van der Waals surface area contributed by atoms with E-state index in [0.717, 1.165) is 24.7 Å². The van der Waals surface area contributed by atoms with Gasteiger partial charge in [0.15, 0.2) is 0 Å². The summed E-state index contributed by atoms with van der Waals surface area (Å²) in [6, 6.07) is 8.29. The van der Waals surface area contributed by atoms with Crippen LogP contribution in [0.25, 0.3) is 0 Å². The summed E-state index contributed by atoms with van der Waals surface area (Å²) in [6.45, 7) is 5.88. The molecule has 1 saturated heterocycles. The normalized spacial score (nSPS) is 28.4. The summed E-state index contributed by atoms with van der Waals surface area (Å²) in [6.07, 6.45) is 3.79. The first-order valence-electron chi connectivity index (χ1n) is 7.82. The van der Waals surface area contributed by atoms with Crippen LogP contribution in [0.3, 0.4) is 0 Å². The van der Waals surface area contributed by atoms with Crippen LogP contribution in [-0.2, 0) is 4.79 Å². The van der Waals surface area contributed by atoms with Gasteiger partial charge in [-0.25, -0.2) is 0 Å². The summed E-state index contributed by atoms with van der Waals surface area (Å²) in [5, 5.41) is 3.46. The van der Waals surface area contributed by atoms with Gasteiger partial charge >= 0.3 is 0 Å². The molecule has 3 nitrogen and oxygen atoms in total. The standard InChI is InChI=1S/C17H24N2O/c1-3-19(14-9-7-12(2)8-10-14)17(20)16-15-6-4-5-13(15)11-18-16/h7-10,13,15-16,18H,3-6,11H2,1-2H3. The van der Waals surface area contributed by atoms with Crippen molar-refractivity contribution in [3.8, 4) is 0 Å². The van der Waals surface area contributed by atoms with Gasteiger partial charge in [0.25, 0.3) is 0 Å². The summed E-state index contributed by atoms with van der Waals surface area (Å²) in [4.78, 5) is 14.8. The molecule has 2 fully saturated rings. The molecule has 3 heteroatoms. The predicted octanol–water partition coefficient (Wildman–Crippen LogP) is 2.74. The molecule has 0 radical (unpaired) electrons. The number of carbonyl (C=O) groups excluding carboxylic acids is 1. The second-order valence-corrected chi connectivity index (χ2v) is 6.16. The van der Waals surface area contributed by atoms with Crippen LogP contribution in [0.4, 0.5) is 5.69 Å².